The van der Waals surface area contributed by atoms with E-state index in [-0.39, 0.29) is 11.3 Å². The molecule has 0 spiro atoms. The molecule has 3 N–H and O–H groups in total. The third-order valence-corrected chi connectivity index (χ3v) is 4.41. The summed E-state index contributed by atoms with van der Waals surface area (Å²) in [5, 5.41) is 3.08. The quantitative estimate of drug-likeness (QED) is 0.711. The second-order valence-electron chi connectivity index (χ2n) is 6.30. The number of nitrogens with one attached hydrogen (secondary N) is 1. The fourth-order valence-corrected chi connectivity index (χ4v) is 3.06. The van der Waals surface area contributed by atoms with Gasteiger partial charge in [-0.1, -0.05) is 26.2 Å². The first-order valence-electron chi connectivity index (χ1n) is 7.52. The normalized spacial score (nSPS) is 21.1. The zero-order chi connectivity index (χ0) is 14.4. The van der Waals surface area contributed by atoms with Crippen LogP contribution in [0.5, 0.6) is 0 Å². The molecule has 0 bridgehead atoms. The SMILES string of the molecule is CCCC(C)(N)C(=O)NCC1(CCOC)CCCC1. The molecule has 0 heterocycles. The van der Waals surface area contributed by atoms with E-state index in [9.17, 15) is 4.79 Å². The molecule has 112 valence electrons. The van der Waals surface area contributed by atoms with E-state index in [1.807, 2.05) is 6.92 Å². The summed E-state index contributed by atoms with van der Waals surface area (Å²) < 4.78 is 5.20. The third-order valence-electron chi connectivity index (χ3n) is 4.41. The molecule has 4 heteroatoms. The van der Waals surface area contributed by atoms with Gasteiger partial charge in [-0.2, -0.15) is 0 Å². The molecule has 1 fully saturated rings. The summed E-state index contributed by atoms with van der Waals surface area (Å²) in [4.78, 5) is 12.2. The highest BCUT2D eigenvalue weighted by Crippen LogP contribution is 2.40. The highest BCUT2D eigenvalue weighted by molar-refractivity contribution is 5.85. The minimum Gasteiger partial charge on any atom is -0.385 e. The lowest BCUT2D eigenvalue weighted by atomic mass is 9.82. The molecular formula is C15H30N2O2. The Morgan fingerprint density at radius 2 is 2.05 bits per heavy atom. The lowest BCUT2D eigenvalue weighted by Gasteiger charge is -2.31. The van der Waals surface area contributed by atoms with E-state index < -0.39 is 5.54 Å². The summed E-state index contributed by atoms with van der Waals surface area (Å²) in [5.74, 6) is -0.0157. The molecule has 1 atom stereocenters. The number of nitrogens with two attached hydrogens (primary N) is 1. The van der Waals surface area contributed by atoms with Crippen molar-refractivity contribution in [2.24, 2.45) is 11.1 Å². The Hall–Kier alpha value is -0.610. The van der Waals surface area contributed by atoms with Crippen molar-refractivity contribution in [3.63, 3.8) is 0 Å². The number of carbonyl (C=O) groups excluding carboxylic acids is 1. The summed E-state index contributed by atoms with van der Waals surface area (Å²) in [6.07, 6.45) is 7.57. The minimum absolute atomic E-state index is 0.0157. The fraction of sp³-hybridized carbons (Fsp3) is 0.933. The summed E-state index contributed by atoms with van der Waals surface area (Å²) in [6.45, 7) is 5.38. The minimum atomic E-state index is -0.740. The maximum Gasteiger partial charge on any atom is 0.239 e. The number of hydrogen-bond acceptors (Lipinski definition) is 3. The molecule has 1 unspecified atom stereocenters. The average molecular weight is 270 g/mol. The molecule has 0 aromatic heterocycles. The van der Waals surface area contributed by atoms with Gasteiger partial charge in [-0.25, -0.2) is 0 Å². The van der Waals surface area contributed by atoms with Crippen LogP contribution in [0.2, 0.25) is 0 Å². The number of carbonyl (C=O) groups is 1. The number of ether oxygens (including phenoxy) is 1. The predicted octanol–water partition coefficient (Wildman–Crippen LogP) is 2.22. The Balaban J connectivity index is 2.50. The fourth-order valence-electron chi connectivity index (χ4n) is 3.06. The molecule has 1 amide bonds. The molecule has 0 aromatic carbocycles. The van der Waals surface area contributed by atoms with Crippen molar-refractivity contribution in [3.05, 3.63) is 0 Å². The highest BCUT2D eigenvalue weighted by Gasteiger charge is 2.35. The second kappa shape index (κ2) is 7.25. The van der Waals surface area contributed by atoms with E-state index in [4.69, 9.17) is 10.5 Å². The van der Waals surface area contributed by atoms with Gasteiger partial charge < -0.3 is 15.8 Å². The predicted molar refractivity (Wildman–Crippen MR) is 77.9 cm³/mol. The molecule has 0 radical (unpaired) electrons. The molecule has 0 saturated heterocycles. The molecular weight excluding hydrogens is 240 g/mol. The van der Waals surface area contributed by atoms with Gasteiger partial charge in [0.05, 0.1) is 5.54 Å². The van der Waals surface area contributed by atoms with E-state index in [0.717, 1.165) is 32.4 Å². The Kier molecular flexibility index (Phi) is 6.27. The van der Waals surface area contributed by atoms with Gasteiger partial charge in [0.15, 0.2) is 0 Å². The van der Waals surface area contributed by atoms with Crippen molar-refractivity contribution < 1.29 is 9.53 Å². The van der Waals surface area contributed by atoms with E-state index in [1.54, 1.807) is 7.11 Å². The zero-order valence-corrected chi connectivity index (χ0v) is 12.8. The summed E-state index contributed by atoms with van der Waals surface area (Å²) >= 11 is 0. The van der Waals surface area contributed by atoms with Crippen molar-refractivity contribution in [3.8, 4) is 0 Å². The topological polar surface area (TPSA) is 64.4 Å². The molecule has 0 aromatic rings. The first-order valence-corrected chi connectivity index (χ1v) is 7.52. The van der Waals surface area contributed by atoms with Crippen molar-refractivity contribution in [1.82, 2.24) is 5.32 Å². The molecule has 0 aliphatic heterocycles. The van der Waals surface area contributed by atoms with Gasteiger partial charge in [0, 0.05) is 20.3 Å². The Morgan fingerprint density at radius 1 is 1.42 bits per heavy atom. The van der Waals surface area contributed by atoms with Crippen LogP contribution >= 0.6 is 0 Å². The van der Waals surface area contributed by atoms with Crippen LogP contribution in [0.25, 0.3) is 0 Å². The Bertz CT molecular complexity index is 284. The molecule has 1 aliphatic carbocycles. The highest BCUT2D eigenvalue weighted by atomic mass is 16.5. The number of methoxy groups -OCH3 is 1. The van der Waals surface area contributed by atoms with Gasteiger partial charge in [0.25, 0.3) is 0 Å². The van der Waals surface area contributed by atoms with Crippen LogP contribution < -0.4 is 11.1 Å². The third kappa shape index (κ3) is 4.77. The van der Waals surface area contributed by atoms with Crippen molar-refractivity contribution in [2.45, 2.75) is 64.3 Å². The van der Waals surface area contributed by atoms with Crippen LogP contribution in [0.4, 0.5) is 0 Å². The van der Waals surface area contributed by atoms with Gasteiger partial charge >= 0.3 is 0 Å². The van der Waals surface area contributed by atoms with Gasteiger partial charge in [-0.05, 0) is 38.0 Å². The molecule has 1 rings (SSSR count). The monoisotopic (exact) mass is 270 g/mol. The van der Waals surface area contributed by atoms with E-state index >= 15 is 0 Å². The van der Waals surface area contributed by atoms with E-state index in [1.165, 1.54) is 25.7 Å². The summed E-state index contributed by atoms with van der Waals surface area (Å²) in [6, 6.07) is 0. The molecule has 19 heavy (non-hydrogen) atoms. The van der Waals surface area contributed by atoms with Gasteiger partial charge in [-0.15, -0.1) is 0 Å². The van der Waals surface area contributed by atoms with Crippen LogP contribution in [0.1, 0.15) is 58.8 Å². The van der Waals surface area contributed by atoms with Crippen LogP contribution in [0.15, 0.2) is 0 Å². The number of amides is 1. The molecule has 4 nitrogen and oxygen atoms in total. The first-order chi connectivity index (χ1) is 8.96. The van der Waals surface area contributed by atoms with Crippen LogP contribution in [0, 0.1) is 5.41 Å². The van der Waals surface area contributed by atoms with Gasteiger partial charge in [0.1, 0.15) is 0 Å². The first kappa shape index (κ1) is 16.4. The van der Waals surface area contributed by atoms with Crippen LogP contribution in [-0.2, 0) is 9.53 Å². The average Bonchev–Trinajstić information content (AvgIpc) is 2.83. The zero-order valence-electron chi connectivity index (χ0n) is 12.8. The van der Waals surface area contributed by atoms with Crippen molar-refractivity contribution in [2.75, 3.05) is 20.3 Å². The lowest BCUT2D eigenvalue weighted by Crippen LogP contribution is -2.53. The molecule has 1 saturated carbocycles. The Morgan fingerprint density at radius 3 is 2.58 bits per heavy atom. The standard InChI is InChI=1S/C15H30N2O2/c1-4-7-14(2,16)13(18)17-12-15(10-11-19-3)8-5-6-9-15/h4-12,16H2,1-3H3,(H,17,18). The van der Waals surface area contributed by atoms with Crippen molar-refractivity contribution in [1.29, 1.82) is 0 Å². The molecule has 1 aliphatic rings. The summed E-state index contributed by atoms with van der Waals surface area (Å²) in [7, 11) is 1.74. The van der Waals surface area contributed by atoms with Crippen LogP contribution in [-0.4, -0.2) is 31.7 Å². The smallest absolute Gasteiger partial charge is 0.239 e. The number of rotatable bonds is 8. The Labute approximate surface area is 117 Å². The maximum absolute atomic E-state index is 12.2. The maximum atomic E-state index is 12.2. The second-order valence-corrected chi connectivity index (χ2v) is 6.30. The van der Waals surface area contributed by atoms with Gasteiger partial charge in [-0.3, -0.25) is 4.79 Å². The van der Waals surface area contributed by atoms with Gasteiger partial charge in [0.2, 0.25) is 5.91 Å². The largest absolute Gasteiger partial charge is 0.385 e. The lowest BCUT2D eigenvalue weighted by molar-refractivity contribution is -0.126. The van der Waals surface area contributed by atoms with E-state index in [2.05, 4.69) is 12.2 Å². The van der Waals surface area contributed by atoms with Crippen molar-refractivity contribution >= 4 is 5.91 Å². The van der Waals surface area contributed by atoms with E-state index in [0.29, 0.717) is 0 Å². The van der Waals surface area contributed by atoms with Crippen LogP contribution in [0.3, 0.4) is 0 Å². The number of hydrogen-bond donors (Lipinski definition) is 2. The summed E-state index contributed by atoms with van der Waals surface area (Å²) in [5.41, 5.74) is 5.55.